The summed E-state index contributed by atoms with van der Waals surface area (Å²) in [7, 11) is 0. The zero-order valence-electron chi connectivity index (χ0n) is 13.8. The molecule has 2 amide bonds. The summed E-state index contributed by atoms with van der Waals surface area (Å²) in [5.41, 5.74) is 0.987. The van der Waals surface area contributed by atoms with Crippen molar-refractivity contribution in [3.8, 4) is 0 Å². The van der Waals surface area contributed by atoms with Gasteiger partial charge in [0.15, 0.2) is 11.2 Å². The first-order valence-corrected chi connectivity index (χ1v) is 8.35. The highest BCUT2D eigenvalue weighted by atomic mass is 16.3. The lowest BCUT2D eigenvalue weighted by molar-refractivity contribution is 0.0949. The Morgan fingerprint density at radius 2 is 1.77 bits per heavy atom. The lowest BCUT2D eigenvalue weighted by atomic mass is 10.2. The summed E-state index contributed by atoms with van der Waals surface area (Å²) in [5.74, 6) is -0.796. The molecule has 0 atom stereocenters. The Balaban J connectivity index is 1.56. The van der Waals surface area contributed by atoms with Crippen molar-refractivity contribution in [2.75, 3.05) is 5.32 Å². The Morgan fingerprint density at radius 3 is 2.58 bits per heavy atom. The summed E-state index contributed by atoms with van der Waals surface area (Å²) in [6.45, 7) is 0. The molecule has 0 saturated heterocycles. The van der Waals surface area contributed by atoms with E-state index >= 15 is 0 Å². The van der Waals surface area contributed by atoms with E-state index in [0.717, 1.165) is 12.8 Å². The number of para-hydroxylation sites is 1. The van der Waals surface area contributed by atoms with Gasteiger partial charge in [0.1, 0.15) is 5.58 Å². The molecular weight excluding hydrogens is 332 g/mol. The van der Waals surface area contributed by atoms with Gasteiger partial charge in [-0.1, -0.05) is 18.2 Å². The predicted octanol–water partition coefficient (Wildman–Crippen LogP) is 2.94. The van der Waals surface area contributed by atoms with Crippen molar-refractivity contribution in [3.63, 3.8) is 0 Å². The molecular formula is C20H16N2O4. The Hall–Kier alpha value is -3.41. The summed E-state index contributed by atoms with van der Waals surface area (Å²) in [4.78, 5) is 36.7. The molecule has 4 rings (SSSR count). The highest BCUT2D eigenvalue weighted by molar-refractivity contribution is 6.04. The fourth-order valence-corrected chi connectivity index (χ4v) is 2.64. The van der Waals surface area contributed by atoms with Crippen LogP contribution in [0.4, 0.5) is 5.69 Å². The maximum Gasteiger partial charge on any atom is 0.291 e. The van der Waals surface area contributed by atoms with Crippen LogP contribution in [0.2, 0.25) is 0 Å². The van der Waals surface area contributed by atoms with E-state index in [0.29, 0.717) is 22.2 Å². The van der Waals surface area contributed by atoms with Crippen LogP contribution in [0.15, 0.2) is 63.8 Å². The summed E-state index contributed by atoms with van der Waals surface area (Å²) >= 11 is 0. The predicted molar refractivity (Wildman–Crippen MR) is 97.4 cm³/mol. The molecule has 6 nitrogen and oxygen atoms in total. The van der Waals surface area contributed by atoms with Crippen molar-refractivity contribution in [2.45, 2.75) is 18.9 Å². The van der Waals surface area contributed by atoms with Crippen LogP contribution in [0.5, 0.6) is 0 Å². The maximum absolute atomic E-state index is 12.4. The monoisotopic (exact) mass is 348 g/mol. The summed E-state index contributed by atoms with van der Waals surface area (Å²) in [5, 5.41) is 5.98. The van der Waals surface area contributed by atoms with Crippen LogP contribution in [-0.4, -0.2) is 17.9 Å². The number of amides is 2. The molecule has 2 N–H and O–H groups in total. The molecule has 0 bridgehead atoms. The zero-order chi connectivity index (χ0) is 18.1. The minimum absolute atomic E-state index is 0.0819. The second-order valence-electron chi connectivity index (χ2n) is 6.25. The van der Waals surface area contributed by atoms with Crippen LogP contribution in [-0.2, 0) is 0 Å². The molecule has 1 heterocycles. The highest BCUT2D eigenvalue weighted by Crippen LogP contribution is 2.20. The molecule has 26 heavy (non-hydrogen) atoms. The van der Waals surface area contributed by atoms with Gasteiger partial charge in [0.05, 0.1) is 5.39 Å². The molecule has 130 valence electrons. The second kappa shape index (κ2) is 6.48. The number of fused-ring (bicyclic) bond motifs is 1. The van der Waals surface area contributed by atoms with E-state index in [1.54, 1.807) is 48.5 Å². The van der Waals surface area contributed by atoms with Crippen LogP contribution >= 0.6 is 0 Å². The van der Waals surface area contributed by atoms with Crippen LogP contribution in [0.3, 0.4) is 0 Å². The van der Waals surface area contributed by atoms with E-state index in [-0.39, 0.29) is 23.1 Å². The fraction of sp³-hybridized carbons (Fsp3) is 0.150. The minimum atomic E-state index is -0.549. The molecule has 2 aromatic carbocycles. The summed E-state index contributed by atoms with van der Waals surface area (Å²) in [6, 6.07) is 14.8. The number of carbonyl (C=O) groups excluding carboxylic acids is 2. The molecule has 0 aliphatic heterocycles. The number of nitrogens with one attached hydrogen (secondary N) is 2. The average molecular weight is 348 g/mol. The summed E-state index contributed by atoms with van der Waals surface area (Å²) < 4.78 is 5.52. The van der Waals surface area contributed by atoms with Gasteiger partial charge in [0.25, 0.3) is 11.8 Å². The second-order valence-corrected chi connectivity index (χ2v) is 6.25. The Labute approximate surface area is 148 Å². The Morgan fingerprint density at radius 1 is 0.962 bits per heavy atom. The van der Waals surface area contributed by atoms with Crippen LogP contribution < -0.4 is 16.1 Å². The van der Waals surface area contributed by atoms with Crippen LogP contribution in [0.1, 0.15) is 33.8 Å². The molecule has 1 aliphatic carbocycles. The molecule has 0 spiro atoms. The third kappa shape index (κ3) is 3.35. The van der Waals surface area contributed by atoms with Gasteiger partial charge in [0, 0.05) is 23.4 Å². The smallest absolute Gasteiger partial charge is 0.291 e. The Bertz CT molecular complexity index is 1070. The van der Waals surface area contributed by atoms with Crippen molar-refractivity contribution in [1.82, 2.24) is 5.32 Å². The van der Waals surface area contributed by atoms with E-state index in [4.69, 9.17) is 4.42 Å². The first kappa shape index (κ1) is 16.1. The van der Waals surface area contributed by atoms with Gasteiger partial charge < -0.3 is 15.1 Å². The first-order valence-electron chi connectivity index (χ1n) is 8.35. The molecule has 3 aromatic rings. The third-order valence-corrected chi connectivity index (χ3v) is 4.15. The number of anilines is 1. The lowest BCUT2D eigenvalue weighted by Crippen LogP contribution is -2.25. The fourth-order valence-electron chi connectivity index (χ4n) is 2.64. The molecule has 1 fully saturated rings. The van der Waals surface area contributed by atoms with Crippen molar-refractivity contribution < 1.29 is 14.0 Å². The van der Waals surface area contributed by atoms with Gasteiger partial charge in [-0.2, -0.15) is 0 Å². The van der Waals surface area contributed by atoms with Crippen molar-refractivity contribution in [3.05, 3.63) is 76.1 Å². The van der Waals surface area contributed by atoms with Gasteiger partial charge in [0.2, 0.25) is 0 Å². The molecule has 1 saturated carbocycles. The molecule has 0 radical (unpaired) electrons. The van der Waals surface area contributed by atoms with E-state index in [9.17, 15) is 14.4 Å². The number of benzene rings is 2. The van der Waals surface area contributed by atoms with E-state index in [2.05, 4.69) is 10.6 Å². The number of hydrogen-bond donors (Lipinski definition) is 2. The molecule has 1 aromatic heterocycles. The van der Waals surface area contributed by atoms with Crippen molar-refractivity contribution in [2.24, 2.45) is 0 Å². The van der Waals surface area contributed by atoms with Crippen molar-refractivity contribution >= 4 is 28.5 Å². The molecule has 6 heteroatoms. The van der Waals surface area contributed by atoms with Gasteiger partial charge in [-0.25, -0.2) is 0 Å². The van der Waals surface area contributed by atoms with Crippen molar-refractivity contribution in [1.29, 1.82) is 0 Å². The van der Waals surface area contributed by atoms with Crippen LogP contribution in [0.25, 0.3) is 11.0 Å². The Kier molecular flexibility index (Phi) is 4.01. The van der Waals surface area contributed by atoms with Gasteiger partial charge in [-0.3, -0.25) is 14.4 Å². The number of carbonyl (C=O) groups is 2. The average Bonchev–Trinajstić information content (AvgIpc) is 3.46. The molecule has 0 unspecified atom stereocenters. The number of hydrogen-bond acceptors (Lipinski definition) is 4. The highest BCUT2D eigenvalue weighted by Gasteiger charge is 2.24. The van der Waals surface area contributed by atoms with Gasteiger partial charge in [-0.15, -0.1) is 0 Å². The minimum Gasteiger partial charge on any atom is -0.451 e. The zero-order valence-corrected chi connectivity index (χ0v) is 13.8. The summed E-state index contributed by atoms with van der Waals surface area (Å²) in [6.07, 6.45) is 2.01. The standard InChI is InChI=1S/C20H16N2O4/c23-16-11-18(26-17-7-2-1-6-15(16)17)20(25)22-14-5-3-4-12(10-14)19(24)21-13-8-9-13/h1-7,10-11,13H,8-9H2,(H,21,24)(H,22,25). The normalized spacial score (nSPS) is 13.4. The topological polar surface area (TPSA) is 88.4 Å². The largest absolute Gasteiger partial charge is 0.451 e. The van der Waals surface area contributed by atoms with Gasteiger partial charge >= 0.3 is 0 Å². The molecule has 1 aliphatic rings. The quantitative estimate of drug-likeness (QED) is 0.759. The van der Waals surface area contributed by atoms with E-state index < -0.39 is 5.91 Å². The lowest BCUT2D eigenvalue weighted by Gasteiger charge is -2.08. The SMILES string of the molecule is O=C(NC1CC1)c1cccc(NC(=O)c2cc(=O)c3ccccc3o2)c1. The van der Waals surface area contributed by atoms with Crippen LogP contribution in [0, 0.1) is 0 Å². The van der Waals surface area contributed by atoms with E-state index in [1.165, 1.54) is 6.07 Å². The third-order valence-electron chi connectivity index (χ3n) is 4.15. The maximum atomic E-state index is 12.4. The van der Waals surface area contributed by atoms with Gasteiger partial charge in [-0.05, 0) is 43.2 Å². The van der Waals surface area contributed by atoms with E-state index in [1.807, 2.05) is 0 Å². The first-order chi connectivity index (χ1) is 12.6. The number of rotatable bonds is 4.